The highest BCUT2D eigenvalue weighted by Gasteiger charge is 2.25. The number of nitrogens with one attached hydrogen (secondary N) is 1. The van der Waals surface area contributed by atoms with Crippen molar-refractivity contribution in [1.29, 1.82) is 0 Å². The molecule has 2 rings (SSSR count). The van der Waals surface area contributed by atoms with Gasteiger partial charge in [-0.3, -0.25) is 9.69 Å². The fourth-order valence-corrected chi connectivity index (χ4v) is 2.44. The van der Waals surface area contributed by atoms with E-state index in [1.807, 2.05) is 7.05 Å². The van der Waals surface area contributed by atoms with Gasteiger partial charge in [-0.2, -0.15) is 0 Å². The normalized spacial score (nSPS) is 19.4. The number of ether oxygens (including phenoxy) is 1. The van der Waals surface area contributed by atoms with Crippen LogP contribution in [0.4, 0.5) is 5.69 Å². The fourth-order valence-electron chi connectivity index (χ4n) is 2.44. The van der Waals surface area contributed by atoms with Crippen molar-refractivity contribution in [2.45, 2.75) is 25.3 Å². The number of hydrogen-bond donors (Lipinski definition) is 1. The fraction of sp³-hybridized carbons (Fsp3) is 0.467. The van der Waals surface area contributed by atoms with Crippen LogP contribution in [0.15, 0.2) is 24.3 Å². The number of benzene rings is 1. The lowest BCUT2D eigenvalue weighted by molar-refractivity contribution is -0.121. The van der Waals surface area contributed by atoms with Crippen molar-refractivity contribution in [3.63, 3.8) is 0 Å². The molecule has 1 aliphatic heterocycles. The second kappa shape index (κ2) is 6.52. The number of carbonyl (C=O) groups is 2. The zero-order valence-electron chi connectivity index (χ0n) is 11.9. The van der Waals surface area contributed by atoms with E-state index in [1.54, 1.807) is 24.3 Å². The van der Waals surface area contributed by atoms with Gasteiger partial charge in [0.25, 0.3) is 0 Å². The molecule has 1 atom stereocenters. The zero-order chi connectivity index (χ0) is 14.5. The summed E-state index contributed by atoms with van der Waals surface area (Å²) in [6.45, 7) is 0.958. The molecular weight excluding hydrogens is 256 g/mol. The first-order valence-corrected chi connectivity index (χ1v) is 6.81. The number of rotatable bonds is 3. The Balaban J connectivity index is 1.99. The summed E-state index contributed by atoms with van der Waals surface area (Å²) < 4.78 is 4.63. The number of anilines is 1. The van der Waals surface area contributed by atoms with Gasteiger partial charge in [0.2, 0.25) is 5.91 Å². The average Bonchev–Trinajstić information content (AvgIpc) is 2.47. The van der Waals surface area contributed by atoms with Crippen LogP contribution in [0.1, 0.15) is 29.6 Å². The maximum Gasteiger partial charge on any atom is 0.337 e. The van der Waals surface area contributed by atoms with Gasteiger partial charge in [0.15, 0.2) is 0 Å². The number of piperidine rings is 1. The van der Waals surface area contributed by atoms with E-state index < -0.39 is 0 Å². The lowest BCUT2D eigenvalue weighted by Crippen LogP contribution is -2.44. The van der Waals surface area contributed by atoms with Crippen LogP contribution in [0.5, 0.6) is 0 Å². The molecule has 0 radical (unpaired) electrons. The number of likely N-dealkylation sites (tertiary alicyclic amines) is 1. The van der Waals surface area contributed by atoms with Gasteiger partial charge in [0.1, 0.15) is 0 Å². The molecule has 1 heterocycles. The molecule has 0 saturated carbocycles. The van der Waals surface area contributed by atoms with Crippen LogP contribution in [0.25, 0.3) is 0 Å². The third-order valence-electron chi connectivity index (χ3n) is 3.65. The van der Waals surface area contributed by atoms with E-state index in [0.29, 0.717) is 11.3 Å². The maximum atomic E-state index is 12.2. The highest BCUT2D eigenvalue weighted by Crippen LogP contribution is 2.17. The van der Waals surface area contributed by atoms with Gasteiger partial charge in [-0.05, 0) is 50.7 Å². The summed E-state index contributed by atoms with van der Waals surface area (Å²) in [6.07, 6.45) is 3.13. The van der Waals surface area contributed by atoms with E-state index >= 15 is 0 Å². The van der Waals surface area contributed by atoms with Crippen LogP contribution < -0.4 is 5.32 Å². The van der Waals surface area contributed by atoms with Gasteiger partial charge in [-0.15, -0.1) is 0 Å². The Kier molecular flexibility index (Phi) is 4.74. The van der Waals surface area contributed by atoms with Gasteiger partial charge < -0.3 is 10.1 Å². The van der Waals surface area contributed by atoms with Gasteiger partial charge in [-0.25, -0.2) is 4.79 Å². The summed E-state index contributed by atoms with van der Waals surface area (Å²) in [5.41, 5.74) is 1.17. The Bertz CT molecular complexity index is 484. The van der Waals surface area contributed by atoms with Crippen molar-refractivity contribution in [3.05, 3.63) is 29.8 Å². The van der Waals surface area contributed by atoms with E-state index in [9.17, 15) is 9.59 Å². The van der Waals surface area contributed by atoms with Crippen LogP contribution in [-0.4, -0.2) is 43.5 Å². The zero-order valence-corrected chi connectivity index (χ0v) is 11.9. The SMILES string of the molecule is COC(=O)c1ccc(NC(=O)C2CCCCN2C)cc1. The summed E-state index contributed by atoms with van der Waals surface area (Å²) in [7, 11) is 3.32. The van der Waals surface area contributed by atoms with Crippen molar-refractivity contribution in [1.82, 2.24) is 4.90 Å². The molecule has 5 heteroatoms. The molecule has 1 N–H and O–H groups in total. The minimum Gasteiger partial charge on any atom is -0.465 e. The lowest BCUT2D eigenvalue weighted by atomic mass is 10.0. The van der Waals surface area contributed by atoms with Crippen LogP contribution in [0.3, 0.4) is 0 Å². The molecule has 0 aliphatic carbocycles. The summed E-state index contributed by atoms with van der Waals surface area (Å²) in [5, 5.41) is 2.89. The molecule has 1 aromatic rings. The molecule has 1 unspecified atom stereocenters. The second-order valence-corrected chi connectivity index (χ2v) is 5.05. The van der Waals surface area contributed by atoms with E-state index in [2.05, 4.69) is 15.0 Å². The molecule has 0 aromatic heterocycles. The monoisotopic (exact) mass is 276 g/mol. The molecule has 1 amide bonds. The minimum absolute atomic E-state index is 0.0121. The third-order valence-corrected chi connectivity index (χ3v) is 3.65. The minimum atomic E-state index is -0.380. The van der Waals surface area contributed by atoms with Gasteiger partial charge in [0.05, 0.1) is 18.7 Å². The number of likely N-dealkylation sites (N-methyl/N-ethyl adjacent to an activating group) is 1. The smallest absolute Gasteiger partial charge is 0.337 e. The predicted octanol–water partition coefficient (Wildman–Crippen LogP) is 1.90. The molecule has 20 heavy (non-hydrogen) atoms. The van der Waals surface area contributed by atoms with Crippen LogP contribution in [0, 0.1) is 0 Å². The molecule has 5 nitrogen and oxygen atoms in total. The van der Waals surface area contributed by atoms with Crippen LogP contribution in [-0.2, 0) is 9.53 Å². The topological polar surface area (TPSA) is 58.6 Å². The van der Waals surface area contributed by atoms with Crippen molar-refractivity contribution in [2.24, 2.45) is 0 Å². The first kappa shape index (κ1) is 14.5. The summed E-state index contributed by atoms with van der Waals surface area (Å²) in [4.78, 5) is 25.6. The van der Waals surface area contributed by atoms with E-state index in [1.165, 1.54) is 7.11 Å². The van der Waals surface area contributed by atoms with E-state index in [4.69, 9.17) is 0 Å². The third kappa shape index (κ3) is 3.36. The average molecular weight is 276 g/mol. The maximum absolute atomic E-state index is 12.2. The molecule has 1 fully saturated rings. The molecular formula is C15H20N2O3. The predicted molar refractivity (Wildman–Crippen MR) is 76.7 cm³/mol. The lowest BCUT2D eigenvalue weighted by Gasteiger charge is -2.31. The molecule has 1 saturated heterocycles. The molecule has 108 valence electrons. The number of hydrogen-bond acceptors (Lipinski definition) is 4. The highest BCUT2D eigenvalue weighted by molar-refractivity contribution is 5.95. The van der Waals surface area contributed by atoms with Crippen molar-refractivity contribution in [2.75, 3.05) is 26.0 Å². The first-order chi connectivity index (χ1) is 9.61. The Labute approximate surface area is 118 Å². The largest absolute Gasteiger partial charge is 0.465 e. The van der Waals surface area contributed by atoms with Crippen molar-refractivity contribution < 1.29 is 14.3 Å². The number of esters is 1. The number of carbonyl (C=O) groups excluding carboxylic acids is 2. The van der Waals surface area contributed by atoms with Crippen molar-refractivity contribution >= 4 is 17.6 Å². The molecule has 1 aromatic carbocycles. The van der Waals surface area contributed by atoms with Gasteiger partial charge in [-0.1, -0.05) is 6.42 Å². The second-order valence-electron chi connectivity index (χ2n) is 5.05. The van der Waals surface area contributed by atoms with E-state index in [0.717, 1.165) is 25.8 Å². The first-order valence-electron chi connectivity index (χ1n) is 6.81. The molecule has 1 aliphatic rings. The van der Waals surface area contributed by atoms with Gasteiger partial charge in [0, 0.05) is 5.69 Å². The standard InChI is InChI=1S/C15H20N2O3/c1-17-10-4-3-5-13(17)14(18)16-12-8-6-11(7-9-12)15(19)20-2/h6-9,13H,3-5,10H2,1-2H3,(H,16,18). The molecule has 0 spiro atoms. The summed E-state index contributed by atoms with van der Waals surface area (Å²) in [5.74, 6) is -0.368. The highest BCUT2D eigenvalue weighted by atomic mass is 16.5. The van der Waals surface area contributed by atoms with Crippen LogP contribution >= 0.6 is 0 Å². The Morgan fingerprint density at radius 2 is 1.95 bits per heavy atom. The Morgan fingerprint density at radius 1 is 1.25 bits per heavy atom. The Hall–Kier alpha value is -1.88. The number of methoxy groups -OCH3 is 1. The van der Waals surface area contributed by atoms with Gasteiger partial charge >= 0.3 is 5.97 Å². The van der Waals surface area contributed by atoms with Crippen LogP contribution in [0.2, 0.25) is 0 Å². The number of amides is 1. The molecule has 0 bridgehead atoms. The van der Waals surface area contributed by atoms with Crippen molar-refractivity contribution in [3.8, 4) is 0 Å². The quantitative estimate of drug-likeness (QED) is 0.857. The Morgan fingerprint density at radius 3 is 2.55 bits per heavy atom. The summed E-state index contributed by atoms with van der Waals surface area (Å²) in [6, 6.07) is 6.65. The number of nitrogens with zero attached hydrogens (tertiary/aromatic N) is 1. The van der Waals surface area contributed by atoms with E-state index in [-0.39, 0.29) is 17.9 Å². The summed E-state index contributed by atoms with van der Waals surface area (Å²) >= 11 is 0.